The van der Waals surface area contributed by atoms with E-state index in [0.29, 0.717) is 30.9 Å². The first-order chi connectivity index (χ1) is 8.12. The smallest absolute Gasteiger partial charge is 0.120 e. The van der Waals surface area contributed by atoms with Gasteiger partial charge in [-0.2, -0.15) is 0 Å². The van der Waals surface area contributed by atoms with Crippen LogP contribution in [0.15, 0.2) is 23.9 Å². The molecule has 1 fully saturated rings. The molecule has 0 saturated carbocycles. The van der Waals surface area contributed by atoms with Gasteiger partial charge in [0.25, 0.3) is 0 Å². The lowest BCUT2D eigenvalue weighted by Crippen LogP contribution is -2.46. The number of β-amino-alcohol motifs (C(OH)–C–C–N with tert-alkyl or cyclic N) is 1. The predicted octanol–water partition coefficient (Wildman–Crippen LogP) is 0.715. The Bertz CT molecular complexity index is 348. The number of hydrogen-bond acceptors (Lipinski definition) is 4. The second-order valence-corrected chi connectivity index (χ2v) is 4.19. The van der Waals surface area contributed by atoms with E-state index in [4.69, 9.17) is 16.6 Å². The molecule has 0 amide bonds. The van der Waals surface area contributed by atoms with Gasteiger partial charge in [0.1, 0.15) is 5.84 Å². The molecule has 1 heterocycles. The monoisotopic (exact) mass is 236 g/mol. The zero-order chi connectivity index (χ0) is 12.8. The molecule has 94 valence electrons. The number of hydrogen-bond donors (Lipinski definition) is 4. The fourth-order valence-corrected chi connectivity index (χ4v) is 2.08. The lowest BCUT2D eigenvalue weighted by molar-refractivity contribution is 0.0828. The van der Waals surface area contributed by atoms with Crippen LogP contribution in [-0.2, 0) is 0 Å². The molecule has 1 rings (SSSR count). The van der Waals surface area contributed by atoms with Gasteiger partial charge in [-0.25, -0.2) is 0 Å². The molecule has 0 aliphatic carbocycles. The normalized spacial score (nSPS) is 26.2. The maximum atomic E-state index is 9.80. The first kappa shape index (κ1) is 13.4. The third kappa shape index (κ3) is 3.42. The molecule has 17 heavy (non-hydrogen) atoms. The van der Waals surface area contributed by atoms with E-state index in [-0.39, 0.29) is 5.92 Å². The fourth-order valence-electron chi connectivity index (χ4n) is 2.08. The lowest BCUT2D eigenvalue weighted by atomic mass is 9.89. The number of allylic oxidation sites excluding steroid dienone is 1. The quantitative estimate of drug-likeness (QED) is 0.429. The highest BCUT2D eigenvalue weighted by molar-refractivity contribution is 5.90. The Hall–Kier alpha value is -1.62. The molecule has 0 spiro atoms. The highest BCUT2D eigenvalue weighted by Gasteiger charge is 2.28. The summed E-state index contributed by atoms with van der Waals surface area (Å²) in [6, 6.07) is 0. The van der Waals surface area contributed by atoms with Crippen molar-refractivity contribution < 1.29 is 5.11 Å². The summed E-state index contributed by atoms with van der Waals surface area (Å²) in [5.74, 6) is 0.407. The molecule has 1 aliphatic heterocycles. The van der Waals surface area contributed by atoms with E-state index in [1.54, 1.807) is 12.2 Å². The van der Waals surface area contributed by atoms with E-state index in [1.807, 2.05) is 11.8 Å². The minimum atomic E-state index is -0.478. The van der Waals surface area contributed by atoms with Gasteiger partial charge in [-0.3, -0.25) is 5.41 Å². The van der Waals surface area contributed by atoms with Crippen LogP contribution in [0.1, 0.15) is 13.3 Å². The van der Waals surface area contributed by atoms with Gasteiger partial charge in [0, 0.05) is 25.2 Å². The van der Waals surface area contributed by atoms with Crippen LogP contribution in [0, 0.1) is 16.7 Å². The van der Waals surface area contributed by atoms with Crippen LogP contribution in [0.25, 0.3) is 0 Å². The number of amidine groups is 1. The van der Waals surface area contributed by atoms with Crippen molar-refractivity contribution in [2.75, 3.05) is 13.1 Å². The lowest BCUT2D eigenvalue weighted by Gasteiger charge is -2.36. The summed E-state index contributed by atoms with van der Waals surface area (Å²) in [5, 5.41) is 24.9. The topological polar surface area (TPSA) is 97.2 Å². The molecule has 0 aromatic carbocycles. The van der Waals surface area contributed by atoms with Crippen molar-refractivity contribution in [2.24, 2.45) is 11.7 Å². The Balaban J connectivity index is 2.78. The number of likely N-dealkylation sites (tertiary alicyclic amines) is 1. The van der Waals surface area contributed by atoms with E-state index in [9.17, 15) is 5.11 Å². The van der Waals surface area contributed by atoms with Crippen molar-refractivity contribution in [2.45, 2.75) is 19.4 Å². The van der Waals surface area contributed by atoms with E-state index < -0.39 is 6.10 Å². The first-order valence-electron chi connectivity index (χ1n) is 5.68. The van der Waals surface area contributed by atoms with Gasteiger partial charge in [-0.1, -0.05) is 6.08 Å². The maximum absolute atomic E-state index is 9.80. The number of nitrogens with two attached hydrogens (primary N) is 1. The minimum Gasteiger partial charge on any atom is -0.404 e. The Morgan fingerprint density at radius 1 is 1.47 bits per heavy atom. The number of rotatable bonds is 3. The van der Waals surface area contributed by atoms with Crippen molar-refractivity contribution in [3.05, 3.63) is 23.9 Å². The van der Waals surface area contributed by atoms with Crippen molar-refractivity contribution in [3.63, 3.8) is 0 Å². The van der Waals surface area contributed by atoms with E-state index in [2.05, 4.69) is 0 Å². The molecule has 5 nitrogen and oxygen atoms in total. The van der Waals surface area contributed by atoms with Crippen LogP contribution in [0.3, 0.4) is 0 Å². The van der Waals surface area contributed by atoms with Crippen molar-refractivity contribution in [3.8, 4) is 0 Å². The zero-order valence-electron chi connectivity index (χ0n) is 10.1. The molecular weight excluding hydrogens is 216 g/mol. The van der Waals surface area contributed by atoms with Gasteiger partial charge in [-0.05, 0) is 31.2 Å². The summed E-state index contributed by atoms with van der Waals surface area (Å²) in [6.07, 6.45) is 6.25. The first-order valence-corrected chi connectivity index (χ1v) is 5.68. The highest BCUT2D eigenvalue weighted by atomic mass is 16.3. The molecule has 0 aromatic heterocycles. The van der Waals surface area contributed by atoms with E-state index >= 15 is 0 Å². The SMILES string of the molecule is C/C=C\C(=N)N1CC(O)CC(/C(C=N)=C/N)C1. The average Bonchev–Trinajstić information content (AvgIpc) is 2.30. The summed E-state index contributed by atoms with van der Waals surface area (Å²) in [7, 11) is 0. The Labute approximate surface area is 102 Å². The fraction of sp³-hybridized carbons (Fsp3) is 0.500. The van der Waals surface area contributed by atoms with Crippen molar-refractivity contribution in [1.82, 2.24) is 4.90 Å². The van der Waals surface area contributed by atoms with E-state index in [0.717, 1.165) is 0 Å². The molecule has 1 aliphatic rings. The van der Waals surface area contributed by atoms with E-state index in [1.165, 1.54) is 12.4 Å². The maximum Gasteiger partial charge on any atom is 0.120 e. The molecule has 5 N–H and O–H groups in total. The standard InChI is InChI=1S/C12H20N4O/c1-2-3-12(15)16-7-9(4-11(17)8-16)10(5-13)6-14/h2-3,5-6,9,11,13,15,17H,4,7-8,14H2,1H3/b3-2-,10-6+,13-5?,15-12?. The minimum absolute atomic E-state index is 0.0202. The van der Waals surface area contributed by atoms with Crippen LogP contribution in [0.2, 0.25) is 0 Å². The molecule has 1 saturated heterocycles. The summed E-state index contributed by atoms with van der Waals surface area (Å²) in [4.78, 5) is 1.81. The summed E-state index contributed by atoms with van der Waals surface area (Å²) >= 11 is 0. The molecule has 2 unspecified atom stereocenters. The van der Waals surface area contributed by atoms with Crippen molar-refractivity contribution in [1.29, 1.82) is 10.8 Å². The molecule has 0 radical (unpaired) electrons. The summed E-state index contributed by atoms with van der Waals surface area (Å²) < 4.78 is 0. The predicted molar refractivity (Wildman–Crippen MR) is 69.3 cm³/mol. The Kier molecular flexibility index (Phi) is 4.90. The van der Waals surface area contributed by atoms with Gasteiger partial charge in [0.15, 0.2) is 0 Å². The van der Waals surface area contributed by atoms with Crippen LogP contribution >= 0.6 is 0 Å². The van der Waals surface area contributed by atoms with Gasteiger partial charge in [0.2, 0.25) is 0 Å². The summed E-state index contributed by atoms with van der Waals surface area (Å²) in [6.45, 7) is 2.95. The van der Waals surface area contributed by atoms with Crippen LogP contribution in [0.4, 0.5) is 0 Å². The largest absolute Gasteiger partial charge is 0.404 e. The Morgan fingerprint density at radius 2 is 2.18 bits per heavy atom. The van der Waals surface area contributed by atoms with Gasteiger partial charge in [0.05, 0.1) is 6.10 Å². The zero-order valence-corrected chi connectivity index (χ0v) is 10.1. The van der Waals surface area contributed by atoms with Gasteiger partial charge < -0.3 is 21.1 Å². The third-order valence-electron chi connectivity index (χ3n) is 2.92. The second kappa shape index (κ2) is 6.20. The number of piperidine rings is 1. The summed E-state index contributed by atoms with van der Waals surface area (Å²) in [5.41, 5.74) is 6.17. The molecule has 2 atom stereocenters. The number of nitrogens with one attached hydrogen (secondary N) is 2. The average molecular weight is 236 g/mol. The van der Waals surface area contributed by atoms with Crippen LogP contribution < -0.4 is 5.73 Å². The van der Waals surface area contributed by atoms with Gasteiger partial charge in [-0.15, -0.1) is 0 Å². The second-order valence-electron chi connectivity index (χ2n) is 4.19. The third-order valence-corrected chi connectivity index (χ3v) is 2.92. The number of aliphatic hydroxyl groups excluding tert-OH is 1. The molecule has 5 heteroatoms. The number of aliphatic hydroxyl groups is 1. The van der Waals surface area contributed by atoms with Gasteiger partial charge >= 0.3 is 0 Å². The molecular formula is C12H20N4O. The number of nitrogens with zero attached hydrogens (tertiary/aromatic N) is 1. The molecule has 0 aromatic rings. The molecule has 0 bridgehead atoms. The van der Waals surface area contributed by atoms with Crippen LogP contribution in [0.5, 0.6) is 0 Å². The Morgan fingerprint density at radius 3 is 2.71 bits per heavy atom. The van der Waals surface area contributed by atoms with Crippen LogP contribution in [-0.4, -0.2) is 41.3 Å². The van der Waals surface area contributed by atoms with Crippen molar-refractivity contribution >= 4 is 12.1 Å². The highest BCUT2D eigenvalue weighted by Crippen LogP contribution is 2.22.